The van der Waals surface area contributed by atoms with E-state index in [1.165, 1.54) is 38.5 Å². The van der Waals surface area contributed by atoms with Crippen molar-refractivity contribution in [3.8, 4) is 0 Å². The van der Waals surface area contributed by atoms with Crippen LogP contribution in [0.25, 0.3) is 0 Å². The van der Waals surface area contributed by atoms with Gasteiger partial charge < -0.3 is 64.2 Å². The quantitative estimate of drug-likeness (QED) is 0.0241. The number of aliphatic hydroxyl groups excluding tert-OH is 7. The SMILES string of the molecule is CCCCC/C=C\C/C=C\C/C=C\CCCCCCCCC(=O)OC(COC(=O)CCCCCCCCC)COC1OC(COC2OC(CO)C(O)C(O)C2O)C(O)C(O)C1O. The number of esters is 2. The number of carbonyl (C=O) groups excluding carboxylic acids is 2. The van der Waals surface area contributed by atoms with Gasteiger partial charge in [-0.3, -0.25) is 9.59 Å². The normalized spacial score (nSPS) is 27.4. The summed E-state index contributed by atoms with van der Waals surface area (Å²) in [5.41, 5.74) is 0. The molecule has 2 aliphatic heterocycles. The molecule has 11 atom stereocenters. The van der Waals surface area contributed by atoms with E-state index in [-0.39, 0.29) is 26.1 Å². The third-order valence-corrected chi connectivity index (χ3v) is 11.1. The number of ether oxygens (including phenoxy) is 6. The van der Waals surface area contributed by atoms with Gasteiger partial charge in [0, 0.05) is 12.8 Å². The van der Waals surface area contributed by atoms with Crippen LogP contribution in [0.5, 0.6) is 0 Å². The molecule has 11 unspecified atom stereocenters. The van der Waals surface area contributed by atoms with Gasteiger partial charge >= 0.3 is 11.9 Å². The van der Waals surface area contributed by atoms with Crippen LogP contribution in [0.3, 0.4) is 0 Å². The van der Waals surface area contributed by atoms with Crippen LogP contribution in [0.2, 0.25) is 0 Å². The van der Waals surface area contributed by atoms with Crippen molar-refractivity contribution >= 4 is 11.9 Å². The Balaban J connectivity index is 1.81. The second kappa shape index (κ2) is 35.0. The zero-order valence-electron chi connectivity index (χ0n) is 37.6. The van der Waals surface area contributed by atoms with E-state index in [2.05, 4.69) is 50.3 Å². The van der Waals surface area contributed by atoms with Crippen LogP contribution in [0.15, 0.2) is 36.5 Å². The summed E-state index contributed by atoms with van der Waals surface area (Å²) < 4.78 is 33.4. The van der Waals surface area contributed by atoms with Crippen LogP contribution in [0, 0.1) is 0 Å². The Morgan fingerprint density at radius 3 is 1.55 bits per heavy atom. The van der Waals surface area contributed by atoms with E-state index in [9.17, 15) is 45.3 Å². The molecule has 7 N–H and O–H groups in total. The second-order valence-corrected chi connectivity index (χ2v) is 16.6. The number of hydrogen-bond acceptors (Lipinski definition) is 15. The zero-order chi connectivity index (χ0) is 45.4. The summed E-state index contributed by atoms with van der Waals surface area (Å²) in [4.78, 5) is 25.5. The second-order valence-electron chi connectivity index (χ2n) is 16.6. The molecule has 2 saturated heterocycles. The summed E-state index contributed by atoms with van der Waals surface area (Å²) >= 11 is 0. The van der Waals surface area contributed by atoms with Crippen molar-refractivity contribution in [2.24, 2.45) is 0 Å². The lowest BCUT2D eigenvalue weighted by Crippen LogP contribution is -2.61. The fourth-order valence-corrected chi connectivity index (χ4v) is 7.16. The maximum atomic E-state index is 12.9. The number of hydrogen-bond donors (Lipinski definition) is 7. The first-order valence-electron chi connectivity index (χ1n) is 23.6. The molecule has 0 aliphatic carbocycles. The minimum absolute atomic E-state index is 0.151. The molecule has 0 aromatic heterocycles. The number of rotatable bonds is 35. The smallest absolute Gasteiger partial charge is 0.306 e. The monoisotopic (exact) mass is 887 g/mol. The highest BCUT2D eigenvalue weighted by Gasteiger charge is 2.47. The Labute approximate surface area is 370 Å². The third-order valence-electron chi connectivity index (χ3n) is 11.1. The van der Waals surface area contributed by atoms with Crippen molar-refractivity contribution < 1.29 is 73.8 Å². The van der Waals surface area contributed by atoms with Gasteiger partial charge in [0.2, 0.25) is 0 Å². The van der Waals surface area contributed by atoms with Crippen molar-refractivity contribution in [3.05, 3.63) is 36.5 Å². The summed E-state index contributed by atoms with van der Waals surface area (Å²) in [6, 6.07) is 0. The molecule has 2 rings (SSSR count). The zero-order valence-corrected chi connectivity index (χ0v) is 37.6. The molecule has 2 aliphatic rings. The molecule has 2 fully saturated rings. The molecule has 0 radical (unpaired) electrons. The van der Waals surface area contributed by atoms with Crippen molar-refractivity contribution in [2.75, 3.05) is 26.4 Å². The van der Waals surface area contributed by atoms with Gasteiger partial charge in [0.15, 0.2) is 18.7 Å². The summed E-state index contributed by atoms with van der Waals surface area (Å²) in [5.74, 6) is -0.948. The predicted molar refractivity (Wildman–Crippen MR) is 234 cm³/mol. The first-order valence-corrected chi connectivity index (χ1v) is 23.6. The van der Waals surface area contributed by atoms with E-state index in [1.807, 2.05) is 0 Å². The predicted octanol–water partition coefficient (Wildman–Crippen LogP) is 5.37. The minimum Gasteiger partial charge on any atom is -0.462 e. The summed E-state index contributed by atoms with van der Waals surface area (Å²) in [6.07, 6.45) is 17.8. The number of unbranched alkanes of at least 4 members (excludes halogenated alkanes) is 15. The van der Waals surface area contributed by atoms with E-state index < -0.39 is 92.7 Å². The van der Waals surface area contributed by atoms with Gasteiger partial charge in [-0.15, -0.1) is 0 Å². The van der Waals surface area contributed by atoms with Crippen LogP contribution in [0.1, 0.15) is 155 Å². The minimum atomic E-state index is -1.76. The topological polar surface area (TPSA) is 231 Å². The summed E-state index contributed by atoms with van der Waals surface area (Å²) in [6.45, 7) is 2.48. The van der Waals surface area contributed by atoms with Crippen LogP contribution < -0.4 is 0 Å². The lowest BCUT2D eigenvalue weighted by Gasteiger charge is -2.42. The Bertz CT molecular complexity index is 1230. The fraction of sp³-hybridized carbons (Fsp3) is 0.830. The van der Waals surface area contributed by atoms with Gasteiger partial charge in [-0.1, -0.05) is 127 Å². The van der Waals surface area contributed by atoms with Gasteiger partial charge in [-0.2, -0.15) is 0 Å². The van der Waals surface area contributed by atoms with Gasteiger partial charge in [-0.25, -0.2) is 0 Å². The molecule has 360 valence electrons. The molecule has 62 heavy (non-hydrogen) atoms. The maximum absolute atomic E-state index is 12.9. The van der Waals surface area contributed by atoms with Crippen LogP contribution in [-0.2, 0) is 38.0 Å². The molecule has 0 bridgehead atoms. The van der Waals surface area contributed by atoms with Gasteiger partial charge in [0.1, 0.15) is 55.4 Å². The maximum Gasteiger partial charge on any atom is 0.306 e. The standard InChI is InChI=1S/C47H82O15/c1-3-5-7-9-11-12-13-14-15-16-17-18-19-20-21-22-24-26-28-30-39(50)60-35(32-57-38(49)29-27-25-23-10-8-6-4-2)33-58-46-45(56)43(54)41(52)37(62-46)34-59-47-44(55)42(53)40(51)36(31-48)61-47/h11-12,14-15,17-18,35-37,40-48,51-56H,3-10,13,16,19-34H2,1-2H3/b12-11-,15-14-,18-17-. The summed E-state index contributed by atoms with van der Waals surface area (Å²) in [7, 11) is 0. The molecule has 15 nitrogen and oxygen atoms in total. The van der Waals surface area contributed by atoms with Crippen molar-refractivity contribution in [2.45, 2.75) is 223 Å². The van der Waals surface area contributed by atoms with Gasteiger partial charge in [0.25, 0.3) is 0 Å². The van der Waals surface area contributed by atoms with Crippen molar-refractivity contribution in [1.29, 1.82) is 0 Å². The molecule has 15 heteroatoms. The Morgan fingerprint density at radius 1 is 0.516 bits per heavy atom. The average molecular weight is 887 g/mol. The molecule has 0 saturated carbocycles. The number of carbonyl (C=O) groups is 2. The van der Waals surface area contributed by atoms with E-state index >= 15 is 0 Å². The highest BCUT2D eigenvalue weighted by atomic mass is 16.7. The van der Waals surface area contributed by atoms with Crippen molar-refractivity contribution in [3.63, 3.8) is 0 Å². The van der Waals surface area contributed by atoms with Gasteiger partial charge in [-0.05, 0) is 51.4 Å². The molecule has 0 aromatic carbocycles. The summed E-state index contributed by atoms with van der Waals surface area (Å²) in [5, 5.41) is 71.8. The molecule has 0 spiro atoms. The lowest BCUT2D eigenvalue weighted by atomic mass is 9.98. The fourth-order valence-electron chi connectivity index (χ4n) is 7.16. The number of allylic oxidation sites excluding steroid dienone is 6. The molecule has 0 aromatic rings. The first-order chi connectivity index (χ1) is 30.0. The number of aliphatic hydroxyl groups is 7. The van der Waals surface area contributed by atoms with E-state index in [4.69, 9.17) is 28.4 Å². The first kappa shape index (κ1) is 55.9. The molecule has 0 amide bonds. The average Bonchev–Trinajstić information content (AvgIpc) is 3.26. The third kappa shape index (κ3) is 23.6. The Hall–Kier alpha value is -2.28. The Kier molecular flexibility index (Phi) is 31.6. The van der Waals surface area contributed by atoms with E-state index in [0.29, 0.717) is 12.8 Å². The van der Waals surface area contributed by atoms with Crippen LogP contribution in [0.4, 0.5) is 0 Å². The molecular weight excluding hydrogens is 805 g/mol. The Morgan fingerprint density at radius 2 is 0.968 bits per heavy atom. The van der Waals surface area contributed by atoms with Gasteiger partial charge in [0.05, 0.1) is 19.8 Å². The van der Waals surface area contributed by atoms with E-state index in [0.717, 1.165) is 77.0 Å². The molecule has 2 heterocycles. The highest BCUT2D eigenvalue weighted by Crippen LogP contribution is 2.26. The van der Waals surface area contributed by atoms with Crippen LogP contribution in [-0.4, -0.2) is 142 Å². The van der Waals surface area contributed by atoms with E-state index in [1.54, 1.807) is 0 Å². The molecular formula is C47H82O15. The van der Waals surface area contributed by atoms with Crippen LogP contribution >= 0.6 is 0 Å². The lowest BCUT2D eigenvalue weighted by molar-refractivity contribution is -0.332. The highest BCUT2D eigenvalue weighted by molar-refractivity contribution is 5.70. The largest absolute Gasteiger partial charge is 0.462 e. The van der Waals surface area contributed by atoms with Crippen molar-refractivity contribution in [1.82, 2.24) is 0 Å².